The van der Waals surface area contributed by atoms with Crippen LogP contribution in [0, 0.1) is 0 Å². The highest BCUT2D eigenvalue weighted by Gasteiger charge is 2.14. The fraction of sp³-hybridized carbons (Fsp3) is 0.500. The van der Waals surface area contributed by atoms with Gasteiger partial charge in [0.1, 0.15) is 0 Å². The molecule has 1 unspecified atom stereocenters. The van der Waals surface area contributed by atoms with E-state index in [1.807, 2.05) is 6.07 Å². The van der Waals surface area contributed by atoms with Crippen LogP contribution in [0.15, 0.2) is 23.1 Å². The predicted molar refractivity (Wildman–Crippen MR) is 78.7 cm³/mol. The minimum Gasteiger partial charge on any atom is -0.478 e. The van der Waals surface area contributed by atoms with Gasteiger partial charge in [-0.15, -0.1) is 11.8 Å². The molecular formula is C14H17ClO4S. The zero-order valence-corrected chi connectivity index (χ0v) is 12.6. The highest BCUT2D eigenvalue weighted by molar-refractivity contribution is 7.99. The molecule has 0 radical (unpaired) electrons. The molecule has 0 bridgehead atoms. The highest BCUT2D eigenvalue weighted by Crippen LogP contribution is 2.25. The zero-order chi connectivity index (χ0) is 14.4. The standard InChI is InChI=1S/C14H17ClO4S/c15-12-5-4-10(9-11(12)14(16)17)20-8-7-19-13-3-1-2-6-18-13/h4-5,9,13H,1-3,6-8H2,(H,16,17). The number of ether oxygens (including phenoxy) is 2. The number of hydrogen-bond acceptors (Lipinski definition) is 4. The number of carboxylic acids is 1. The lowest BCUT2D eigenvalue weighted by Gasteiger charge is -2.22. The molecule has 1 aliphatic rings. The molecule has 20 heavy (non-hydrogen) atoms. The normalized spacial score (nSPS) is 18.9. The molecule has 0 aromatic heterocycles. The Bertz CT molecular complexity index is 460. The number of hydrogen-bond donors (Lipinski definition) is 1. The summed E-state index contributed by atoms with van der Waals surface area (Å²) in [6, 6.07) is 5.02. The first-order valence-electron chi connectivity index (χ1n) is 6.55. The number of carbonyl (C=O) groups is 1. The summed E-state index contributed by atoms with van der Waals surface area (Å²) in [7, 11) is 0. The Morgan fingerprint density at radius 2 is 2.35 bits per heavy atom. The van der Waals surface area contributed by atoms with E-state index in [2.05, 4.69) is 0 Å². The van der Waals surface area contributed by atoms with Gasteiger partial charge in [0.15, 0.2) is 6.29 Å². The van der Waals surface area contributed by atoms with Gasteiger partial charge in [-0.2, -0.15) is 0 Å². The molecule has 1 aromatic carbocycles. The van der Waals surface area contributed by atoms with Crippen LogP contribution in [-0.2, 0) is 9.47 Å². The van der Waals surface area contributed by atoms with Crippen molar-refractivity contribution in [2.24, 2.45) is 0 Å². The molecule has 4 nitrogen and oxygen atoms in total. The van der Waals surface area contributed by atoms with Crippen LogP contribution < -0.4 is 0 Å². The Morgan fingerprint density at radius 3 is 3.05 bits per heavy atom. The van der Waals surface area contributed by atoms with Crippen LogP contribution in [0.1, 0.15) is 29.6 Å². The third-order valence-electron chi connectivity index (χ3n) is 2.96. The van der Waals surface area contributed by atoms with Gasteiger partial charge in [-0.25, -0.2) is 4.79 Å². The van der Waals surface area contributed by atoms with Crippen LogP contribution in [0.3, 0.4) is 0 Å². The summed E-state index contributed by atoms with van der Waals surface area (Å²) < 4.78 is 11.1. The molecule has 110 valence electrons. The predicted octanol–water partition coefficient (Wildman–Crippen LogP) is 3.67. The van der Waals surface area contributed by atoms with Crippen molar-refractivity contribution in [3.63, 3.8) is 0 Å². The van der Waals surface area contributed by atoms with Gasteiger partial charge in [-0.1, -0.05) is 11.6 Å². The molecule has 0 spiro atoms. The number of benzene rings is 1. The summed E-state index contributed by atoms with van der Waals surface area (Å²) >= 11 is 7.37. The van der Waals surface area contributed by atoms with Gasteiger partial charge in [-0.05, 0) is 37.5 Å². The zero-order valence-electron chi connectivity index (χ0n) is 11.0. The van der Waals surface area contributed by atoms with E-state index in [0.717, 1.165) is 36.5 Å². The lowest BCUT2D eigenvalue weighted by molar-refractivity contribution is -0.158. The minimum absolute atomic E-state index is 0.0795. The summed E-state index contributed by atoms with van der Waals surface area (Å²) in [6.07, 6.45) is 3.13. The Hall–Kier alpha value is -0.750. The van der Waals surface area contributed by atoms with Gasteiger partial charge in [0.05, 0.1) is 17.2 Å². The van der Waals surface area contributed by atoms with Crippen molar-refractivity contribution in [2.45, 2.75) is 30.4 Å². The van der Waals surface area contributed by atoms with E-state index in [4.69, 9.17) is 26.2 Å². The summed E-state index contributed by atoms with van der Waals surface area (Å²) in [4.78, 5) is 11.9. The highest BCUT2D eigenvalue weighted by atomic mass is 35.5. The Morgan fingerprint density at radius 1 is 1.50 bits per heavy atom. The second-order valence-electron chi connectivity index (χ2n) is 4.46. The first-order chi connectivity index (χ1) is 9.66. The van der Waals surface area contributed by atoms with Gasteiger partial charge in [0.2, 0.25) is 0 Å². The van der Waals surface area contributed by atoms with Crippen molar-refractivity contribution in [1.82, 2.24) is 0 Å². The molecular weight excluding hydrogens is 300 g/mol. The van der Waals surface area contributed by atoms with Crippen LogP contribution in [-0.4, -0.2) is 36.3 Å². The van der Waals surface area contributed by atoms with Crippen molar-refractivity contribution < 1.29 is 19.4 Å². The molecule has 6 heteroatoms. The van der Waals surface area contributed by atoms with Crippen molar-refractivity contribution >= 4 is 29.3 Å². The van der Waals surface area contributed by atoms with Gasteiger partial charge >= 0.3 is 5.97 Å². The van der Waals surface area contributed by atoms with Crippen LogP contribution in [0.4, 0.5) is 0 Å². The minimum atomic E-state index is -1.01. The van der Waals surface area contributed by atoms with Crippen LogP contribution in [0.25, 0.3) is 0 Å². The SMILES string of the molecule is O=C(O)c1cc(SCCOC2CCCCO2)ccc1Cl. The molecule has 0 saturated carbocycles. The molecule has 1 atom stereocenters. The fourth-order valence-electron chi connectivity index (χ4n) is 1.94. The molecule has 1 aromatic rings. The van der Waals surface area contributed by atoms with Gasteiger partial charge < -0.3 is 14.6 Å². The van der Waals surface area contributed by atoms with Crippen molar-refractivity contribution in [3.8, 4) is 0 Å². The van der Waals surface area contributed by atoms with Gasteiger partial charge in [0.25, 0.3) is 0 Å². The van der Waals surface area contributed by atoms with E-state index >= 15 is 0 Å². The van der Waals surface area contributed by atoms with E-state index in [0.29, 0.717) is 6.61 Å². The summed E-state index contributed by atoms with van der Waals surface area (Å²) in [5.74, 6) is -0.259. The molecule has 2 rings (SSSR count). The van der Waals surface area contributed by atoms with E-state index in [1.54, 1.807) is 23.9 Å². The monoisotopic (exact) mass is 316 g/mol. The summed E-state index contributed by atoms with van der Waals surface area (Å²) in [5, 5.41) is 9.25. The maximum absolute atomic E-state index is 11.0. The van der Waals surface area contributed by atoms with Crippen molar-refractivity contribution in [2.75, 3.05) is 19.0 Å². The number of rotatable bonds is 6. The Kier molecular flexibility index (Phi) is 6.16. The third kappa shape index (κ3) is 4.66. The van der Waals surface area contributed by atoms with Crippen molar-refractivity contribution in [1.29, 1.82) is 0 Å². The number of halogens is 1. The fourth-order valence-corrected chi connectivity index (χ4v) is 2.92. The third-order valence-corrected chi connectivity index (χ3v) is 4.25. The number of carboxylic acid groups (broad SMARTS) is 1. The van der Waals surface area contributed by atoms with E-state index in [1.165, 1.54) is 0 Å². The molecule has 0 aliphatic carbocycles. The number of thioether (sulfide) groups is 1. The lowest BCUT2D eigenvalue weighted by Crippen LogP contribution is -2.23. The molecule has 1 aliphatic heterocycles. The maximum atomic E-state index is 11.0. The summed E-state index contributed by atoms with van der Waals surface area (Å²) in [5.41, 5.74) is 0.133. The molecule has 0 amide bonds. The average molecular weight is 317 g/mol. The van der Waals surface area contributed by atoms with E-state index < -0.39 is 5.97 Å². The molecule has 1 saturated heterocycles. The average Bonchev–Trinajstić information content (AvgIpc) is 2.46. The van der Waals surface area contributed by atoms with Gasteiger partial charge in [0, 0.05) is 17.3 Å². The lowest BCUT2D eigenvalue weighted by atomic mass is 10.2. The Balaban J connectivity index is 1.76. The second-order valence-corrected chi connectivity index (χ2v) is 6.04. The molecule has 1 N–H and O–H groups in total. The first-order valence-corrected chi connectivity index (χ1v) is 7.92. The van der Waals surface area contributed by atoms with Crippen LogP contribution >= 0.6 is 23.4 Å². The van der Waals surface area contributed by atoms with E-state index in [9.17, 15) is 4.79 Å². The molecule has 1 heterocycles. The topological polar surface area (TPSA) is 55.8 Å². The van der Waals surface area contributed by atoms with Crippen molar-refractivity contribution in [3.05, 3.63) is 28.8 Å². The maximum Gasteiger partial charge on any atom is 0.337 e. The molecule has 1 fully saturated rings. The number of aromatic carboxylic acids is 1. The quantitative estimate of drug-likeness (QED) is 0.641. The van der Waals surface area contributed by atoms with Gasteiger partial charge in [-0.3, -0.25) is 0 Å². The van der Waals surface area contributed by atoms with Crippen LogP contribution in [0.2, 0.25) is 5.02 Å². The van der Waals surface area contributed by atoms with Crippen LogP contribution in [0.5, 0.6) is 0 Å². The van der Waals surface area contributed by atoms with E-state index in [-0.39, 0.29) is 16.9 Å². The second kappa shape index (κ2) is 7.88. The Labute approximate surface area is 127 Å². The summed E-state index contributed by atoms with van der Waals surface area (Å²) in [6.45, 7) is 1.36. The first kappa shape index (κ1) is 15.6. The smallest absolute Gasteiger partial charge is 0.337 e. The largest absolute Gasteiger partial charge is 0.478 e.